The van der Waals surface area contributed by atoms with E-state index in [1.54, 1.807) is 12.1 Å². The van der Waals surface area contributed by atoms with Crippen molar-refractivity contribution in [2.24, 2.45) is 5.92 Å². The van der Waals surface area contributed by atoms with Crippen molar-refractivity contribution in [2.75, 3.05) is 24.5 Å². The number of piperidine rings is 1. The van der Waals surface area contributed by atoms with E-state index in [1.165, 1.54) is 23.4 Å². The van der Waals surface area contributed by atoms with Crippen LogP contribution in [-0.4, -0.2) is 35.6 Å². The third-order valence-electron chi connectivity index (χ3n) is 4.53. The third-order valence-corrected chi connectivity index (χ3v) is 4.53. The summed E-state index contributed by atoms with van der Waals surface area (Å²) in [7, 11) is 0. The number of anilines is 1. The van der Waals surface area contributed by atoms with E-state index >= 15 is 0 Å². The largest absolute Gasteiger partial charge is 0.467 e. The standard InChI is InChI=1S/C18H20F3N3O3/c19-18(20,21)13-5-1-7-22-16(13)24-8-2-4-12(11-24)17(26)23-10-14(25)15-6-3-9-27-15/h1,3,5-7,9,12,14,25H,2,4,8,10-11H2,(H,23,26). The monoisotopic (exact) mass is 383 g/mol. The number of aliphatic hydroxyl groups is 1. The number of hydrogen-bond acceptors (Lipinski definition) is 5. The van der Waals surface area contributed by atoms with E-state index in [0.29, 0.717) is 25.1 Å². The Kier molecular flexibility index (Phi) is 5.69. The third kappa shape index (κ3) is 4.60. The zero-order chi connectivity index (χ0) is 19.4. The number of furan rings is 1. The van der Waals surface area contributed by atoms with E-state index in [9.17, 15) is 23.1 Å². The van der Waals surface area contributed by atoms with Crippen LogP contribution in [0.4, 0.5) is 19.0 Å². The lowest BCUT2D eigenvalue weighted by Crippen LogP contribution is -2.44. The van der Waals surface area contributed by atoms with Crippen LogP contribution in [0.3, 0.4) is 0 Å². The lowest BCUT2D eigenvalue weighted by atomic mass is 9.96. The predicted molar refractivity (Wildman–Crippen MR) is 90.9 cm³/mol. The molecule has 1 fully saturated rings. The first-order chi connectivity index (χ1) is 12.9. The topological polar surface area (TPSA) is 78.6 Å². The Morgan fingerprint density at radius 2 is 2.22 bits per heavy atom. The van der Waals surface area contributed by atoms with Gasteiger partial charge in [0.15, 0.2) is 0 Å². The number of carbonyl (C=O) groups excluding carboxylic acids is 1. The van der Waals surface area contributed by atoms with Gasteiger partial charge in [-0.1, -0.05) is 0 Å². The molecule has 3 heterocycles. The molecule has 3 rings (SSSR count). The highest BCUT2D eigenvalue weighted by Gasteiger charge is 2.37. The highest BCUT2D eigenvalue weighted by atomic mass is 19.4. The van der Waals surface area contributed by atoms with Gasteiger partial charge >= 0.3 is 6.18 Å². The summed E-state index contributed by atoms with van der Waals surface area (Å²) in [5.74, 6) is -0.609. The zero-order valence-corrected chi connectivity index (χ0v) is 14.4. The molecule has 6 nitrogen and oxygen atoms in total. The number of aliphatic hydroxyl groups excluding tert-OH is 1. The fourth-order valence-corrected chi connectivity index (χ4v) is 3.18. The van der Waals surface area contributed by atoms with Gasteiger partial charge in [0.25, 0.3) is 0 Å². The highest BCUT2D eigenvalue weighted by molar-refractivity contribution is 5.79. The Morgan fingerprint density at radius 1 is 1.41 bits per heavy atom. The summed E-state index contributed by atoms with van der Waals surface area (Å²) in [6, 6.07) is 5.46. The minimum atomic E-state index is -4.51. The molecule has 0 spiro atoms. The fraction of sp³-hybridized carbons (Fsp3) is 0.444. The van der Waals surface area contributed by atoms with Crippen LogP contribution >= 0.6 is 0 Å². The molecule has 146 valence electrons. The Hall–Kier alpha value is -2.55. The minimum Gasteiger partial charge on any atom is -0.467 e. The van der Waals surface area contributed by atoms with Gasteiger partial charge in [-0.05, 0) is 37.1 Å². The highest BCUT2D eigenvalue weighted by Crippen LogP contribution is 2.36. The maximum atomic E-state index is 13.2. The second-order valence-electron chi connectivity index (χ2n) is 6.43. The summed E-state index contributed by atoms with van der Waals surface area (Å²) in [6.07, 6.45) is -1.61. The summed E-state index contributed by atoms with van der Waals surface area (Å²) in [5, 5.41) is 12.6. The summed E-state index contributed by atoms with van der Waals surface area (Å²) in [5.41, 5.74) is -0.806. The van der Waals surface area contributed by atoms with Crippen molar-refractivity contribution in [1.29, 1.82) is 0 Å². The maximum Gasteiger partial charge on any atom is 0.419 e. The van der Waals surface area contributed by atoms with Crippen LogP contribution in [0.5, 0.6) is 0 Å². The van der Waals surface area contributed by atoms with E-state index < -0.39 is 23.8 Å². The van der Waals surface area contributed by atoms with Crippen molar-refractivity contribution in [3.63, 3.8) is 0 Å². The van der Waals surface area contributed by atoms with E-state index in [4.69, 9.17) is 4.42 Å². The van der Waals surface area contributed by atoms with Gasteiger partial charge in [-0.15, -0.1) is 0 Å². The van der Waals surface area contributed by atoms with Crippen LogP contribution in [0.15, 0.2) is 41.1 Å². The van der Waals surface area contributed by atoms with Crippen LogP contribution in [0.25, 0.3) is 0 Å². The maximum absolute atomic E-state index is 13.2. The molecule has 1 aliphatic rings. The van der Waals surface area contributed by atoms with Crippen LogP contribution in [0.1, 0.15) is 30.3 Å². The quantitative estimate of drug-likeness (QED) is 0.830. The molecule has 0 radical (unpaired) electrons. The van der Waals surface area contributed by atoms with Crippen molar-refractivity contribution < 1.29 is 27.5 Å². The second-order valence-corrected chi connectivity index (χ2v) is 6.43. The summed E-state index contributed by atoms with van der Waals surface area (Å²) < 4.78 is 44.7. The summed E-state index contributed by atoms with van der Waals surface area (Å²) in [4.78, 5) is 17.8. The second kappa shape index (κ2) is 7.99. The molecule has 0 saturated carbocycles. The Labute approximate surface area is 154 Å². The van der Waals surface area contributed by atoms with Crippen molar-refractivity contribution in [1.82, 2.24) is 10.3 Å². The van der Waals surface area contributed by atoms with Crippen molar-refractivity contribution in [2.45, 2.75) is 25.1 Å². The molecule has 1 amide bonds. The lowest BCUT2D eigenvalue weighted by Gasteiger charge is -2.34. The molecule has 9 heteroatoms. The van der Waals surface area contributed by atoms with Crippen LogP contribution in [0.2, 0.25) is 0 Å². The number of nitrogens with zero attached hydrogens (tertiary/aromatic N) is 2. The van der Waals surface area contributed by atoms with Gasteiger partial charge in [0.1, 0.15) is 17.7 Å². The first-order valence-electron chi connectivity index (χ1n) is 8.62. The van der Waals surface area contributed by atoms with Crippen LogP contribution in [-0.2, 0) is 11.0 Å². The number of amides is 1. The fourth-order valence-electron chi connectivity index (χ4n) is 3.18. The molecule has 27 heavy (non-hydrogen) atoms. The molecule has 2 atom stereocenters. The summed E-state index contributed by atoms with van der Waals surface area (Å²) >= 11 is 0. The average molecular weight is 383 g/mol. The zero-order valence-electron chi connectivity index (χ0n) is 14.4. The molecule has 2 unspecified atom stereocenters. The number of alkyl halides is 3. The number of rotatable bonds is 5. The van der Waals surface area contributed by atoms with E-state index in [2.05, 4.69) is 10.3 Å². The molecule has 2 aromatic rings. The van der Waals surface area contributed by atoms with Gasteiger partial charge in [0.05, 0.1) is 24.3 Å². The van der Waals surface area contributed by atoms with Crippen molar-refractivity contribution >= 4 is 11.7 Å². The molecule has 2 aromatic heterocycles. The number of nitrogens with one attached hydrogen (secondary N) is 1. The summed E-state index contributed by atoms with van der Waals surface area (Å²) in [6.45, 7) is 0.516. The predicted octanol–water partition coefficient (Wildman–Crippen LogP) is 2.76. The smallest absolute Gasteiger partial charge is 0.419 e. The Morgan fingerprint density at radius 3 is 2.93 bits per heavy atom. The number of aromatic nitrogens is 1. The number of pyridine rings is 1. The number of halogens is 3. The molecular weight excluding hydrogens is 363 g/mol. The van der Waals surface area contributed by atoms with Crippen LogP contribution in [0, 0.1) is 5.92 Å². The first kappa shape index (κ1) is 19.2. The number of hydrogen-bond donors (Lipinski definition) is 2. The van der Waals surface area contributed by atoms with Gasteiger partial charge in [-0.25, -0.2) is 4.98 Å². The Bertz CT molecular complexity index is 765. The van der Waals surface area contributed by atoms with E-state index in [1.807, 2.05) is 0 Å². The Balaban J connectivity index is 1.63. The molecule has 1 aliphatic heterocycles. The van der Waals surface area contributed by atoms with Gasteiger partial charge in [0, 0.05) is 19.3 Å². The van der Waals surface area contributed by atoms with Crippen LogP contribution < -0.4 is 10.2 Å². The normalized spacial score (nSPS) is 19.0. The van der Waals surface area contributed by atoms with Gasteiger partial charge in [0.2, 0.25) is 5.91 Å². The van der Waals surface area contributed by atoms with Crippen molar-refractivity contribution in [3.8, 4) is 0 Å². The average Bonchev–Trinajstić information content (AvgIpc) is 3.20. The molecule has 0 aliphatic carbocycles. The molecule has 1 saturated heterocycles. The van der Waals surface area contributed by atoms with Gasteiger partial charge < -0.3 is 19.7 Å². The molecule has 0 bridgehead atoms. The van der Waals surface area contributed by atoms with E-state index in [-0.39, 0.29) is 24.8 Å². The molecule has 2 N–H and O–H groups in total. The van der Waals surface area contributed by atoms with Gasteiger partial charge in [-0.2, -0.15) is 13.2 Å². The minimum absolute atomic E-state index is 0.0275. The number of carbonyl (C=O) groups is 1. The first-order valence-corrected chi connectivity index (χ1v) is 8.62. The SMILES string of the molecule is O=C(NCC(O)c1ccco1)C1CCCN(c2ncccc2C(F)(F)F)C1. The molecule has 0 aromatic carbocycles. The van der Waals surface area contributed by atoms with E-state index in [0.717, 1.165) is 6.07 Å². The van der Waals surface area contributed by atoms with Crippen molar-refractivity contribution in [3.05, 3.63) is 48.0 Å². The van der Waals surface area contributed by atoms with Gasteiger partial charge in [-0.3, -0.25) is 4.79 Å². The lowest BCUT2D eigenvalue weighted by molar-refractivity contribution is -0.137. The molecular formula is C18H20F3N3O3.